The summed E-state index contributed by atoms with van der Waals surface area (Å²) in [7, 11) is 1.38. The molecule has 0 aliphatic heterocycles. The molecule has 28 heavy (non-hydrogen) atoms. The molecular formula is C22H27ClN2O3. The second-order valence-electron chi connectivity index (χ2n) is 6.55. The minimum atomic E-state index is -0.225. The molecule has 6 heteroatoms. The molecule has 2 aromatic carbocycles. The quantitative estimate of drug-likeness (QED) is 0.440. The van der Waals surface area contributed by atoms with Crippen molar-refractivity contribution >= 4 is 29.2 Å². The summed E-state index contributed by atoms with van der Waals surface area (Å²) >= 11 is 5.97. The first-order valence-corrected chi connectivity index (χ1v) is 9.85. The molecule has 0 spiro atoms. The van der Waals surface area contributed by atoms with Crippen LogP contribution < -0.4 is 10.6 Å². The predicted molar refractivity (Wildman–Crippen MR) is 113 cm³/mol. The summed E-state index contributed by atoms with van der Waals surface area (Å²) in [5.41, 5.74) is 3.01. The molecule has 0 radical (unpaired) electrons. The van der Waals surface area contributed by atoms with E-state index in [2.05, 4.69) is 21.4 Å². The van der Waals surface area contributed by atoms with Crippen LogP contribution in [0.25, 0.3) is 0 Å². The first-order valence-electron chi connectivity index (χ1n) is 9.47. The molecule has 150 valence electrons. The third-order valence-corrected chi connectivity index (χ3v) is 4.56. The minimum absolute atomic E-state index is 0.0235. The van der Waals surface area contributed by atoms with Crippen molar-refractivity contribution in [2.45, 2.75) is 32.1 Å². The Morgan fingerprint density at radius 3 is 2.46 bits per heavy atom. The summed E-state index contributed by atoms with van der Waals surface area (Å²) in [4.78, 5) is 23.2. The number of anilines is 1. The Balaban J connectivity index is 1.58. The van der Waals surface area contributed by atoms with E-state index in [0.29, 0.717) is 25.8 Å². The van der Waals surface area contributed by atoms with Crippen LogP contribution in [0, 0.1) is 0 Å². The van der Waals surface area contributed by atoms with Crippen LogP contribution in [0.15, 0.2) is 48.5 Å². The lowest BCUT2D eigenvalue weighted by molar-refractivity contribution is -0.140. The number of rotatable bonds is 11. The Labute approximate surface area is 171 Å². The Hall–Kier alpha value is -2.37. The maximum atomic E-state index is 12.0. The van der Waals surface area contributed by atoms with Crippen molar-refractivity contribution in [2.75, 3.05) is 25.5 Å². The third kappa shape index (κ3) is 8.55. The molecular weight excluding hydrogens is 376 g/mol. The van der Waals surface area contributed by atoms with E-state index in [4.69, 9.17) is 11.6 Å². The van der Waals surface area contributed by atoms with Crippen molar-refractivity contribution in [3.8, 4) is 0 Å². The van der Waals surface area contributed by atoms with Gasteiger partial charge in [-0.1, -0.05) is 35.9 Å². The molecule has 0 bridgehead atoms. The summed E-state index contributed by atoms with van der Waals surface area (Å²) in [5.74, 6) is -0.248. The number of carbonyl (C=O) groups is 2. The Kier molecular flexibility index (Phi) is 9.52. The summed E-state index contributed by atoms with van der Waals surface area (Å²) in [6, 6.07) is 15.4. The van der Waals surface area contributed by atoms with Gasteiger partial charge in [0, 0.05) is 30.1 Å². The van der Waals surface area contributed by atoms with E-state index in [1.54, 1.807) is 0 Å². The third-order valence-electron chi connectivity index (χ3n) is 4.32. The molecule has 0 fully saturated rings. The van der Waals surface area contributed by atoms with Crippen molar-refractivity contribution in [2.24, 2.45) is 0 Å². The lowest BCUT2D eigenvalue weighted by atomic mass is 10.1. The highest BCUT2D eigenvalue weighted by Gasteiger charge is 2.04. The van der Waals surface area contributed by atoms with E-state index in [1.165, 1.54) is 12.7 Å². The van der Waals surface area contributed by atoms with Gasteiger partial charge in [-0.05, 0) is 61.2 Å². The average molecular weight is 403 g/mol. The molecule has 5 nitrogen and oxygen atoms in total. The highest BCUT2D eigenvalue weighted by Crippen LogP contribution is 2.12. The van der Waals surface area contributed by atoms with Crippen LogP contribution in [0.2, 0.25) is 5.02 Å². The molecule has 2 aromatic rings. The fourth-order valence-corrected chi connectivity index (χ4v) is 2.98. The van der Waals surface area contributed by atoms with Crippen LogP contribution in [0.3, 0.4) is 0 Å². The van der Waals surface area contributed by atoms with Gasteiger partial charge in [0.2, 0.25) is 5.91 Å². The second kappa shape index (κ2) is 12.2. The molecule has 0 heterocycles. The number of ether oxygens (including phenoxy) is 1. The number of benzene rings is 2. The predicted octanol–water partition coefficient (Wildman–Crippen LogP) is 4.00. The van der Waals surface area contributed by atoms with E-state index in [-0.39, 0.29) is 11.9 Å². The topological polar surface area (TPSA) is 67.4 Å². The van der Waals surface area contributed by atoms with Crippen LogP contribution in [0.5, 0.6) is 0 Å². The van der Waals surface area contributed by atoms with Gasteiger partial charge in [0.15, 0.2) is 0 Å². The zero-order chi connectivity index (χ0) is 20.2. The molecule has 0 unspecified atom stereocenters. The van der Waals surface area contributed by atoms with Gasteiger partial charge in [0.25, 0.3) is 0 Å². The number of carbonyl (C=O) groups excluding carboxylic acids is 2. The zero-order valence-corrected chi connectivity index (χ0v) is 16.9. The van der Waals surface area contributed by atoms with Crippen LogP contribution in [0.1, 0.15) is 30.4 Å². The number of halogens is 1. The molecule has 0 saturated carbocycles. The fourth-order valence-electron chi connectivity index (χ4n) is 2.76. The smallest absolute Gasteiger partial charge is 0.305 e. The summed E-state index contributed by atoms with van der Waals surface area (Å²) in [6.07, 6.45) is 3.35. The van der Waals surface area contributed by atoms with Crippen molar-refractivity contribution in [3.63, 3.8) is 0 Å². The first kappa shape index (κ1) is 21.9. The van der Waals surface area contributed by atoms with Crippen molar-refractivity contribution in [3.05, 3.63) is 64.7 Å². The Morgan fingerprint density at radius 2 is 1.75 bits per heavy atom. The summed E-state index contributed by atoms with van der Waals surface area (Å²) < 4.78 is 4.63. The summed E-state index contributed by atoms with van der Waals surface area (Å²) in [6.45, 7) is 1.49. The van der Waals surface area contributed by atoms with E-state index < -0.39 is 0 Å². The zero-order valence-electron chi connectivity index (χ0n) is 16.2. The lowest BCUT2D eigenvalue weighted by Gasteiger charge is -2.08. The maximum Gasteiger partial charge on any atom is 0.305 e. The van der Waals surface area contributed by atoms with Crippen LogP contribution in [0.4, 0.5) is 5.69 Å². The molecule has 0 aromatic heterocycles. The van der Waals surface area contributed by atoms with Gasteiger partial charge in [-0.2, -0.15) is 0 Å². The lowest BCUT2D eigenvalue weighted by Crippen LogP contribution is -2.22. The molecule has 0 saturated heterocycles. The van der Waals surface area contributed by atoms with Gasteiger partial charge in [0.05, 0.1) is 7.11 Å². The van der Waals surface area contributed by atoms with Crippen LogP contribution >= 0.6 is 11.6 Å². The second-order valence-corrected chi connectivity index (χ2v) is 6.99. The SMILES string of the molecule is COC(=O)CCc1ccc(NC(=O)CCNCCCc2cccc(Cl)c2)cc1. The van der Waals surface area contributed by atoms with Gasteiger partial charge in [-0.15, -0.1) is 0 Å². The highest BCUT2D eigenvalue weighted by molar-refractivity contribution is 6.30. The molecule has 2 N–H and O–H groups in total. The van der Waals surface area contributed by atoms with E-state index in [9.17, 15) is 9.59 Å². The average Bonchev–Trinajstić information content (AvgIpc) is 2.70. The number of aryl methyl sites for hydroxylation is 2. The van der Waals surface area contributed by atoms with Gasteiger partial charge >= 0.3 is 5.97 Å². The molecule has 0 aliphatic rings. The normalized spacial score (nSPS) is 10.5. The van der Waals surface area contributed by atoms with Crippen molar-refractivity contribution < 1.29 is 14.3 Å². The number of esters is 1. The highest BCUT2D eigenvalue weighted by atomic mass is 35.5. The number of methoxy groups -OCH3 is 1. The van der Waals surface area contributed by atoms with Gasteiger partial charge in [0.1, 0.15) is 0 Å². The first-order chi connectivity index (χ1) is 13.6. The van der Waals surface area contributed by atoms with Crippen LogP contribution in [-0.2, 0) is 27.2 Å². The van der Waals surface area contributed by atoms with E-state index >= 15 is 0 Å². The van der Waals surface area contributed by atoms with Crippen molar-refractivity contribution in [1.29, 1.82) is 0 Å². The largest absolute Gasteiger partial charge is 0.469 e. The number of hydrogen-bond acceptors (Lipinski definition) is 4. The molecule has 2 rings (SSSR count). The summed E-state index contributed by atoms with van der Waals surface area (Å²) in [5, 5.41) is 6.94. The van der Waals surface area contributed by atoms with Crippen LogP contribution in [-0.4, -0.2) is 32.1 Å². The maximum absolute atomic E-state index is 12.0. The van der Waals surface area contributed by atoms with Crippen molar-refractivity contribution in [1.82, 2.24) is 5.32 Å². The molecule has 1 amide bonds. The molecule has 0 atom stereocenters. The van der Waals surface area contributed by atoms with Gasteiger partial charge in [-0.25, -0.2) is 0 Å². The van der Waals surface area contributed by atoms with E-state index in [0.717, 1.165) is 35.7 Å². The number of hydrogen-bond donors (Lipinski definition) is 2. The fraction of sp³-hybridized carbons (Fsp3) is 0.364. The number of nitrogens with one attached hydrogen (secondary N) is 2. The van der Waals surface area contributed by atoms with Gasteiger partial charge < -0.3 is 15.4 Å². The Morgan fingerprint density at radius 1 is 0.964 bits per heavy atom. The standard InChI is InChI=1S/C22H27ClN2O3/c1-28-22(27)12-9-17-7-10-20(11-8-17)25-21(26)13-15-24-14-3-5-18-4-2-6-19(23)16-18/h2,4,6-8,10-11,16,24H,3,5,9,12-15H2,1H3,(H,25,26). The number of amides is 1. The van der Waals surface area contributed by atoms with E-state index in [1.807, 2.05) is 42.5 Å². The van der Waals surface area contributed by atoms with Gasteiger partial charge in [-0.3, -0.25) is 9.59 Å². The Bertz CT molecular complexity index is 763. The monoisotopic (exact) mass is 402 g/mol. The minimum Gasteiger partial charge on any atom is -0.469 e. The molecule has 0 aliphatic carbocycles.